The Bertz CT molecular complexity index is 213. The maximum atomic E-state index is 9.30. The molecule has 2 unspecified atom stereocenters. The van der Waals surface area contributed by atoms with E-state index in [4.69, 9.17) is 0 Å². The van der Waals surface area contributed by atoms with Gasteiger partial charge in [0.05, 0.1) is 12.0 Å². The number of hydrogen-bond acceptors (Lipinski definition) is 2. The second-order valence-corrected chi connectivity index (χ2v) is 4.98. The summed E-state index contributed by atoms with van der Waals surface area (Å²) in [5, 5.41) is 9.30. The average Bonchev–Trinajstić information content (AvgIpc) is 2.53. The Labute approximate surface area is 101 Å². The van der Waals surface area contributed by atoms with Crippen molar-refractivity contribution in [2.45, 2.75) is 64.8 Å². The van der Waals surface area contributed by atoms with Gasteiger partial charge in [0.15, 0.2) is 0 Å². The van der Waals surface area contributed by atoms with Gasteiger partial charge in [-0.1, -0.05) is 33.1 Å². The summed E-state index contributed by atoms with van der Waals surface area (Å²) < 4.78 is 0. The Morgan fingerprint density at radius 2 is 1.69 bits per heavy atom. The monoisotopic (exact) mass is 222 g/mol. The lowest BCUT2D eigenvalue weighted by atomic mass is 9.94. The molecule has 0 aromatic rings. The van der Waals surface area contributed by atoms with E-state index in [2.05, 4.69) is 24.8 Å². The van der Waals surface area contributed by atoms with Crippen molar-refractivity contribution in [1.82, 2.24) is 4.90 Å². The van der Waals surface area contributed by atoms with Crippen LogP contribution in [0.5, 0.6) is 0 Å². The van der Waals surface area contributed by atoms with E-state index in [1.807, 2.05) is 0 Å². The summed E-state index contributed by atoms with van der Waals surface area (Å²) in [7, 11) is 0. The Morgan fingerprint density at radius 1 is 1.06 bits per heavy atom. The van der Waals surface area contributed by atoms with Gasteiger partial charge in [0.25, 0.3) is 0 Å². The van der Waals surface area contributed by atoms with Crippen LogP contribution in [0.15, 0.2) is 0 Å². The smallest absolute Gasteiger partial charge is 0.0672 e. The molecule has 2 atom stereocenters. The van der Waals surface area contributed by atoms with Crippen molar-refractivity contribution in [3.8, 4) is 6.07 Å². The predicted molar refractivity (Wildman–Crippen MR) is 68.1 cm³/mol. The molecular formula is C14H26N2. The molecule has 0 radical (unpaired) electrons. The molecule has 1 rings (SSSR count). The number of rotatable bonds is 5. The lowest BCUT2D eigenvalue weighted by molar-refractivity contribution is 0.154. The topological polar surface area (TPSA) is 27.0 Å². The SMILES string of the molecule is CCCN(CCC)C1CCCCCC1C#N. The summed E-state index contributed by atoms with van der Waals surface area (Å²) in [5.41, 5.74) is 0. The number of nitriles is 1. The van der Waals surface area contributed by atoms with Crippen LogP contribution >= 0.6 is 0 Å². The van der Waals surface area contributed by atoms with Gasteiger partial charge in [-0.05, 0) is 38.8 Å². The van der Waals surface area contributed by atoms with Crippen LogP contribution in [0.4, 0.5) is 0 Å². The van der Waals surface area contributed by atoms with E-state index in [1.54, 1.807) is 0 Å². The number of nitrogens with zero attached hydrogens (tertiary/aromatic N) is 2. The first-order valence-electron chi connectivity index (χ1n) is 6.97. The maximum absolute atomic E-state index is 9.30. The molecule has 92 valence electrons. The molecule has 2 nitrogen and oxygen atoms in total. The van der Waals surface area contributed by atoms with Gasteiger partial charge in [0.1, 0.15) is 0 Å². The van der Waals surface area contributed by atoms with Crippen LogP contribution in [0.2, 0.25) is 0 Å². The van der Waals surface area contributed by atoms with Gasteiger partial charge in [-0.25, -0.2) is 0 Å². The lowest BCUT2D eigenvalue weighted by Gasteiger charge is -2.33. The summed E-state index contributed by atoms with van der Waals surface area (Å²) in [6, 6.07) is 3.08. The lowest BCUT2D eigenvalue weighted by Crippen LogP contribution is -2.40. The number of hydrogen-bond donors (Lipinski definition) is 0. The Morgan fingerprint density at radius 3 is 2.25 bits per heavy atom. The van der Waals surface area contributed by atoms with Crippen molar-refractivity contribution in [3.63, 3.8) is 0 Å². The van der Waals surface area contributed by atoms with Gasteiger partial charge < -0.3 is 0 Å². The minimum atomic E-state index is 0.278. The second-order valence-electron chi connectivity index (χ2n) is 4.98. The molecule has 1 aliphatic carbocycles. The minimum absolute atomic E-state index is 0.278. The molecule has 1 aliphatic rings. The molecule has 0 spiro atoms. The van der Waals surface area contributed by atoms with Crippen molar-refractivity contribution >= 4 is 0 Å². The summed E-state index contributed by atoms with van der Waals surface area (Å²) >= 11 is 0. The fourth-order valence-corrected chi connectivity index (χ4v) is 2.89. The highest BCUT2D eigenvalue weighted by molar-refractivity contribution is 4.94. The Balaban J connectivity index is 2.65. The third kappa shape index (κ3) is 3.79. The van der Waals surface area contributed by atoms with Crippen LogP contribution in [-0.2, 0) is 0 Å². The molecule has 0 aromatic carbocycles. The largest absolute Gasteiger partial charge is 0.299 e. The zero-order valence-electron chi connectivity index (χ0n) is 10.9. The van der Waals surface area contributed by atoms with E-state index in [0.717, 1.165) is 19.5 Å². The van der Waals surface area contributed by atoms with Gasteiger partial charge in [0, 0.05) is 6.04 Å². The van der Waals surface area contributed by atoms with Crippen LogP contribution in [0.1, 0.15) is 58.8 Å². The Kier molecular flexibility index (Phi) is 6.49. The highest BCUT2D eigenvalue weighted by Crippen LogP contribution is 2.27. The van der Waals surface area contributed by atoms with Crippen LogP contribution in [0.25, 0.3) is 0 Å². The van der Waals surface area contributed by atoms with Crippen LogP contribution < -0.4 is 0 Å². The fraction of sp³-hybridized carbons (Fsp3) is 0.929. The highest BCUT2D eigenvalue weighted by Gasteiger charge is 2.27. The molecule has 0 saturated heterocycles. The average molecular weight is 222 g/mol. The molecule has 0 heterocycles. The molecule has 0 bridgehead atoms. The van der Waals surface area contributed by atoms with Gasteiger partial charge in [-0.2, -0.15) is 5.26 Å². The first-order valence-corrected chi connectivity index (χ1v) is 6.97. The standard InChI is InChI=1S/C14H26N2/c1-3-10-16(11-4-2)14-9-7-5-6-8-13(14)12-15/h13-14H,3-11H2,1-2H3. The molecule has 0 aromatic heterocycles. The van der Waals surface area contributed by atoms with E-state index >= 15 is 0 Å². The fourth-order valence-electron chi connectivity index (χ4n) is 2.89. The van der Waals surface area contributed by atoms with Crippen LogP contribution in [0.3, 0.4) is 0 Å². The minimum Gasteiger partial charge on any atom is -0.299 e. The third-order valence-corrected chi connectivity index (χ3v) is 3.64. The molecule has 2 heteroatoms. The first kappa shape index (κ1) is 13.5. The van der Waals surface area contributed by atoms with Crippen molar-refractivity contribution < 1.29 is 0 Å². The summed E-state index contributed by atoms with van der Waals surface area (Å²) in [5.74, 6) is 0.278. The van der Waals surface area contributed by atoms with Crippen molar-refractivity contribution in [2.24, 2.45) is 5.92 Å². The molecule has 16 heavy (non-hydrogen) atoms. The van der Waals surface area contributed by atoms with Crippen molar-refractivity contribution in [3.05, 3.63) is 0 Å². The third-order valence-electron chi connectivity index (χ3n) is 3.64. The van der Waals surface area contributed by atoms with E-state index in [1.165, 1.54) is 38.5 Å². The summed E-state index contributed by atoms with van der Waals surface area (Å²) in [4.78, 5) is 2.57. The molecule has 1 saturated carbocycles. The van der Waals surface area contributed by atoms with Crippen molar-refractivity contribution in [2.75, 3.05) is 13.1 Å². The van der Waals surface area contributed by atoms with Gasteiger partial charge in [0.2, 0.25) is 0 Å². The van der Waals surface area contributed by atoms with Gasteiger partial charge in [-0.15, -0.1) is 0 Å². The molecular weight excluding hydrogens is 196 g/mol. The summed E-state index contributed by atoms with van der Waals surface area (Å²) in [6.45, 7) is 6.80. The van der Waals surface area contributed by atoms with Crippen LogP contribution in [-0.4, -0.2) is 24.0 Å². The zero-order chi connectivity index (χ0) is 11.8. The van der Waals surface area contributed by atoms with Gasteiger partial charge in [-0.3, -0.25) is 4.90 Å². The van der Waals surface area contributed by atoms with Crippen LogP contribution in [0, 0.1) is 17.2 Å². The zero-order valence-corrected chi connectivity index (χ0v) is 10.9. The molecule has 0 aliphatic heterocycles. The highest BCUT2D eigenvalue weighted by atomic mass is 15.2. The second kappa shape index (κ2) is 7.68. The molecule has 1 fully saturated rings. The molecule has 0 amide bonds. The van der Waals surface area contributed by atoms with E-state index < -0.39 is 0 Å². The first-order chi connectivity index (χ1) is 7.83. The van der Waals surface area contributed by atoms with E-state index in [9.17, 15) is 5.26 Å². The molecule has 0 N–H and O–H groups in total. The quantitative estimate of drug-likeness (QED) is 0.665. The summed E-state index contributed by atoms with van der Waals surface area (Å²) in [6.07, 6.45) is 8.64. The van der Waals surface area contributed by atoms with Crippen molar-refractivity contribution in [1.29, 1.82) is 5.26 Å². The maximum Gasteiger partial charge on any atom is 0.0672 e. The van der Waals surface area contributed by atoms with Gasteiger partial charge >= 0.3 is 0 Å². The van der Waals surface area contributed by atoms with E-state index in [-0.39, 0.29) is 5.92 Å². The predicted octanol–water partition coefficient (Wildman–Crippen LogP) is 3.58. The Hall–Kier alpha value is -0.550. The normalized spacial score (nSPS) is 26.4. The van der Waals surface area contributed by atoms with E-state index in [0.29, 0.717) is 6.04 Å².